The molecule has 24 rings (SSSR count). The summed E-state index contributed by atoms with van der Waals surface area (Å²) in [7, 11) is 0. The fourth-order valence-corrected chi connectivity index (χ4v) is 17.9. The SMILES string of the molecule is Brc1ccc2c3cccnc3n(-c3cc(-c4ccccc4)cc(-c4ccccc4)n3)c2c1.Brc1ccc2c3cccnc3n(-c3cc(-c4ccccc4)nc(-c4ccccc4)n3)c2c1.Brc1ccc2c3cccnc3n(-c3cc(-c4ccccn4)cc(-c4ccccn4)c3)c2c1.Brc1ccc2c3cccnc3n(-c3nc(-c4ccccc4)cc(-c4ccccc4)n3)c2c1. The minimum atomic E-state index is 0.599. The van der Waals surface area contributed by atoms with E-state index in [-0.39, 0.29) is 0 Å². The molecule has 0 N–H and O–H groups in total. The summed E-state index contributed by atoms with van der Waals surface area (Å²) in [6, 6.07) is 130. The van der Waals surface area contributed by atoms with Gasteiger partial charge in [0.25, 0.3) is 0 Å². The molecule has 13 aromatic heterocycles. The van der Waals surface area contributed by atoms with Crippen LogP contribution in [0.3, 0.4) is 0 Å². The summed E-state index contributed by atoms with van der Waals surface area (Å²) >= 11 is 14.5. The molecule has 0 saturated carbocycles. The molecule has 0 bridgehead atoms. The van der Waals surface area contributed by atoms with Crippen LogP contribution in [0.2, 0.25) is 0 Å². The molecule has 0 unspecified atom stereocenters. The summed E-state index contributed by atoms with van der Waals surface area (Å²) in [6.45, 7) is 0. The van der Waals surface area contributed by atoms with Gasteiger partial charge in [-0.05, 0) is 169 Å². The highest BCUT2D eigenvalue weighted by molar-refractivity contribution is 9.11. The smallest absolute Gasteiger partial charge is 0.237 e. The minimum Gasteiger partial charge on any atom is -0.294 e. The molecule has 13 heterocycles. The molecule has 608 valence electrons. The Labute approximate surface area is 768 Å². The van der Waals surface area contributed by atoms with E-state index in [1.807, 2.05) is 224 Å². The van der Waals surface area contributed by atoms with Crippen LogP contribution in [0, 0.1) is 0 Å². The number of hydrogen-bond donors (Lipinski definition) is 0. The topological polar surface area (TPSA) is 162 Å². The van der Waals surface area contributed by atoms with Gasteiger partial charge in [-0.2, -0.15) is 0 Å². The summed E-state index contributed by atoms with van der Waals surface area (Å²) in [5.41, 5.74) is 23.7. The molecule has 0 radical (unpaired) electrons. The Bertz CT molecular complexity index is 7030. The second kappa shape index (κ2) is 35.4. The molecule has 0 amide bonds. The molecule has 0 fully saturated rings. The van der Waals surface area contributed by atoms with Crippen molar-refractivity contribution in [3.63, 3.8) is 0 Å². The molecular formula is C109H69Br4N15. The van der Waals surface area contributed by atoms with Crippen LogP contribution in [0.25, 0.3) is 201 Å². The van der Waals surface area contributed by atoms with Crippen LogP contribution in [-0.2, 0) is 0 Å². The standard InChI is InChI=1S/C28H18BrN3.3C27H17BrN4/c29-22-13-14-23-24-12-7-15-30-28(24)32(26(23)18-22)27-17-21(19-8-3-1-4-9-19)16-25(31-27)20-10-5-2-6-11-20;28-20-9-10-22-23-6-5-13-31-27(23)32(26(22)17-20)21-15-18(24-7-1-3-11-29-24)14-19(16-21)25-8-2-4-12-30-25;28-20-13-14-21-22-12-7-15-29-26(22)32(25(21)16-20)27-30-23(18-8-3-1-4-9-18)17-24(31-27)19-10-5-2-6-11-19;28-20-13-14-21-22-12-7-15-29-27(22)32(24(21)16-20)25-17-23(18-8-3-1-4-9-18)30-26(31-25)19-10-5-2-6-11-19/h1-18H;3*1-17H. The third kappa shape index (κ3) is 16.0. The quantitative estimate of drug-likeness (QED) is 0.114. The number of nitrogens with zero attached hydrogens (tertiary/aromatic N) is 15. The number of rotatable bonds is 12. The summed E-state index contributed by atoms with van der Waals surface area (Å²) in [6.07, 6.45) is 11.0. The molecule has 19 heteroatoms. The van der Waals surface area contributed by atoms with Gasteiger partial charge in [0, 0.05) is 149 Å². The Morgan fingerprint density at radius 3 is 0.906 bits per heavy atom. The molecule has 0 aliphatic heterocycles. The van der Waals surface area contributed by atoms with E-state index in [0.29, 0.717) is 11.8 Å². The second-order valence-corrected chi connectivity index (χ2v) is 34.0. The number of pyridine rings is 7. The molecule has 0 aliphatic carbocycles. The van der Waals surface area contributed by atoms with Crippen molar-refractivity contribution in [3.05, 3.63) is 437 Å². The number of benzene rings is 11. The largest absolute Gasteiger partial charge is 0.294 e. The van der Waals surface area contributed by atoms with Gasteiger partial charge in [-0.3, -0.25) is 28.2 Å². The van der Waals surface area contributed by atoms with E-state index >= 15 is 0 Å². The molecule has 15 nitrogen and oxygen atoms in total. The molecule has 0 saturated heterocycles. The van der Waals surface area contributed by atoms with Gasteiger partial charge in [-0.25, -0.2) is 44.9 Å². The van der Waals surface area contributed by atoms with E-state index in [1.54, 1.807) is 0 Å². The molecular weight excluding hydrogens is 1840 g/mol. The molecule has 0 spiro atoms. The van der Waals surface area contributed by atoms with Crippen LogP contribution in [0.4, 0.5) is 0 Å². The fourth-order valence-electron chi connectivity index (χ4n) is 16.6. The van der Waals surface area contributed by atoms with Crippen molar-refractivity contribution in [2.75, 3.05) is 0 Å². The number of hydrogen-bond acceptors (Lipinski definition) is 11. The summed E-state index contributed by atoms with van der Waals surface area (Å²) in [5.74, 6) is 2.92. The van der Waals surface area contributed by atoms with E-state index in [4.69, 9.17) is 44.9 Å². The monoisotopic (exact) mass is 1900 g/mol. The van der Waals surface area contributed by atoms with Crippen LogP contribution in [0.15, 0.2) is 437 Å². The number of fused-ring (bicyclic) bond motifs is 12. The first-order valence-corrected chi connectivity index (χ1v) is 44.6. The lowest BCUT2D eigenvalue weighted by Gasteiger charge is -2.13. The highest BCUT2D eigenvalue weighted by Gasteiger charge is 2.24. The highest BCUT2D eigenvalue weighted by atomic mass is 79.9. The van der Waals surface area contributed by atoms with Gasteiger partial charge in [0.2, 0.25) is 5.95 Å². The van der Waals surface area contributed by atoms with Crippen molar-refractivity contribution in [3.8, 4) is 113 Å². The van der Waals surface area contributed by atoms with Crippen molar-refractivity contribution < 1.29 is 0 Å². The fraction of sp³-hybridized carbons (Fsp3) is 0. The van der Waals surface area contributed by atoms with Crippen molar-refractivity contribution in [1.82, 2.24) is 73.1 Å². The molecule has 0 aliphatic rings. The van der Waals surface area contributed by atoms with Crippen molar-refractivity contribution in [1.29, 1.82) is 0 Å². The average molecular weight is 1910 g/mol. The van der Waals surface area contributed by atoms with Gasteiger partial charge in [0.05, 0.1) is 56.2 Å². The zero-order valence-electron chi connectivity index (χ0n) is 68.1. The van der Waals surface area contributed by atoms with Crippen LogP contribution in [0.5, 0.6) is 0 Å². The van der Waals surface area contributed by atoms with E-state index in [9.17, 15) is 0 Å². The lowest BCUT2D eigenvalue weighted by Crippen LogP contribution is -2.04. The van der Waals surface area contributed by atoms with Gasteiger partial charge in [-0.15, -0.1) is 0 Å². The summed E-state index contributed by atoms with van der Waals surface area (Å²) < 4.78 is 12.6. The van der Waals surface area contributed by atoms with E-state index in [2.05, 4.69) is 288 Å². The normalized spacial score (nSPS) is 11.3. The Hall–Kier alpha value is -15.3. The predicted octanol–water partition coefficient (Wildman–Crippen LogP) is 28.9. The lowest BCUT2D eigenvalue weighted by molar-refractivity contribution is 0.981. The van der Waals surface area contributed by atoms with Crippen molar-refractivity contribution in [2.24, 2.45) is 0 Å². The Balaban J connectivity index is 0.000000104. The first-order chi connectivity index (χ1) is 63.1. The highest BCUT2D eigenvalue weighted by Crippen LogP contribution is 2.41. The summed E-state index contributed by atoms with van der Waals surface area (Å²) in [4.78, 5) is 53.1. The summed E-state index contributed by atoms with van der Waals surface area (Å²) in [5, 5.41) is 8.98. The third-order valence-corrected chi connectivity index (χ3v) is 24.3. The lowest BCUT2D eigenvalue weighted by atomic mass is 10.0. The van der Waals surface area contributed by atoms with Crippen molar-refractivity contribution >= 4 is 151 Å². The maximum absolute atomic E-state index is 5.11. The maximum atomic E-state index is 5.11. The maximum Gasteiger partial charge on any atom is 0.237 e. The van der Waals surface area contributed by atoms with Gasteiger partial charge < -0.3 is 0 Å². The predicted molar refractivity (Wildman–Crippen MR) is 533 cm³/mol. The average Bonchev–Trinajstić information content (AvgIpc) is 1.59. The Morgan fingerprint density at radius 2 is 0.508 bits per heavy atom. The Morgan fingerprint density at radius 1 is 0.180 bits per heavy atom. The van der Waals surface area contributed by atoms with Gasteiger partial charge in [-0.1, -0.05) is 282 Å². The molecule has 128 heavy (non-hydrogen) atoms. The first-order valence-electron chi connectivity index (χ1n) is 41.4. The third-order valence-electron chi connectivity index (χ3n) is 22.4. The second-order valence-electron chi connectivity index (χ2n) is 30.4. The minimum absolute atomic E-state index is 0.599. The van der Waals surface area contributed by atoms with Gasteiger partial charge in [0.1, 0.15) is 34.2 Å². The van der Waals surface area contributed by atoms with E-state index in [1.165, 1.54) is 5.39 Å². The van der Waals surface area contributed by atoms with Gasteiger partial charge in [0.15, 0.2) is 5.82 Å². The van der Waals surface area contributed by atoms with Gasteiger partial charge >= 0.3 is 0 Å². The van der Waals surface area contributed by atoms with Crippen molar-refractivity contribution in [2.45, 2.75) is 0 Å². The molecule has 11 aromatic carbocycles. The van der Waals surface area contributed by atoms with Crippen LogP contribution >= 0.6 is 63.7 Å². The van der Waals surface area contributed by atoms with Crippen LogP contribution in [0.1, 0.15) is 0 Å². The molecule has 24 aromatic rings. The first kappa shape index (κ1) is 79.9. The molecule has 0 atom stereocenters. The Kier molecular flexibility index (Phi) is 22.1. The van der Waals surface area contributed by atoms with Crippen LogP contribution < -0.4 is 0 Å². The van der Waals surface area contributed by atoms with E-state index < -0.39 is 0 Å². The number of aromatic nitrogens is 15. The zero-order chi connectivity index (χ0) is 86.0. The zero-order valence-corrected chi connectivity index (χ0v) is 74.4. The van der Waals surface area contributed by atoms with Crippen LogP contribution in [-0.4, -0.2) is 73.1 Å². The number of halogens is 4. The van der Waals surface area contributed by atoms with E-state index in [0.717, 1.165) is 202 Å².